The lowest BCUT2D eigenvalue weighted by molar-refractivity contribution is 0.184. The molecule has 0 aromatic rings. The Bertz CT molecular complexity index is 249. The Morgan fingerprint density at radius 3 is 2.65 bits per heavy atom. The Balaban J connectivity index is 1.84. The number of nitrogens with one attached hydrogen (secondary N) is 1. The van der Waals surface area contributed by atoms with Crippen molar-refractivity contribution in [2.75, 3.05) is 19.6 Å². The van der Waals surface area contributed by atoms with Gasteiger partial charge in [-0.2, -0.15) is 0 Å². The van der Waals surface area contributed by atoms with Gasteiger partial charge in [0.2, 0.25) is 0 Å². The lowest BCUT2D eigenvalue weighted by atomic mass is 9.91. The molecule has 0 radical (unpaired) electrons. The van der Waals surface area contributed by atoms with Gasteiger partial charge >= 0.3 is 0 Å². The van der Waals surface area contributed by atoms with Gasteiger partial charge in [-0.05, 0) is 50.1 Å². The second kappa shape index (κ2) is 5.27. The van der Waals surface area contributed by atoms with Crippen molar-refractivity contribution < 1.29 is 0 Å². The van der Waals surface area contributed by atoms with Crippen molar-refractivity contribution in [3.8, 4) is 0 Å². The van der Waals surface area contributed by atoms with Crippen LogP contribution in [0.2, 0.25) is 0 Å². The molecule has 2 nitrogen and oxygen atoms in total. The van der Waals surface area contributed by atoms with Crippen LogP contribution < -0.4 is 5.32 Å². The van der Waals surface area contributed by atoms with Crippen LogP contribution in [0.3, 0.4) is 0 Å². The number of piperidine rings is 1. The molecule has 100 valence electrons. The summed E-state index contributed by atoms with van der Waals surface area (Å²) in [5.41, 5.74) is 0.552. The first-order valence-electron chi connectivity index (χ1n) is 7.48. The fourth-order valence-corrected chi connectivity index (χ4v) is 3.90. The van der Waals surface area contributed by atoms with Crippen LogP contribution in [0.25, 0.3) is 0 Å². The summed E-state index contributed by atoms with van der Waals surface area (Å²) in [7, 11) is 0. The van der Waals surface area contributed by atoms with Gasteiger partial charge in [0.1, 0.15) is 0 Å². The van der Waals surface area contributed by atoms with Crippen molar-refractivity contribution in [3.05, 3.63) is 0 Å². The third kappa shape index (κ3) is 3.45. The zero-order valence-electron chi connectivity index (χ0n) is 12.1. The average molecular weight is 238 g/mol. The number of nitrogens with zero attached hydrogens (tertiary/aromatic N) is 1. The predicted octanol–water partition coefficient (Wildman–Crippen LogP) is 2.89. The minimum Gasteiger partial charge on any atom is -0.310 e. The molecule has 0 aromatic heterocycles. The first-order valence-corrected chi connectivity index (χ1v) is 7.48. The fraction of sp³-hybridized carbons (Fsp3) is 1.00. The monoisotopic (exact) mass is 238 g/mol. The molecule has 0 aromatic carbocycles. The van der Waals surface area contributed by atoms with E-state index in [0.29, 0.717) is 5.41 Å². The van der Waals surface area contributed by atoms with Crippen LogP contribution in [0.15, 0.2) is 0 Å². The van der Waals surface area contributed by atoms with Crippen molar-refractivity contribution in [1.82, 2.24) is 10.2 Å². The Hall–Kier alpha value is -0.0800. The highest BCUT2D eigenvalue weighted by molar-refractivity contribution is 4.93. The standard InChI is InChI=1S/C15H30N2/c1-5-17-8-6-7-13(11-17)16-14-10-15(3,4)9-12(14)2/h12-14,16H,5-11H2,1-4H3. The van der Waals surface area contributed by atoms with Crippen LogP contribution in [0.4, 0.5) is 0 Å². The average Bonchev–Trinajstić information content (AvgIpc) is 2.52. The molecule has 2 aliphatic rings. The van der Waals surface area contributed by atoms with Crippen LogP contribution in [-0.2, 0) is 0 Å². The molecule has 3 unspecified atom stereocenters. The van der Waals surface area contributed by atoms with E-state index in [9.17, 15) is 0 Å². The van der Waals surface area contributed by atoms with E-state index in [0.717, 1.165) is 18.0 Å². The molecule has 1 heterocycles. The summed E-state index contributed by atoms with van der Waals surface area (Å²) in [6.45, 7) is 13.3. The van der Waals surface area contributed by atoms with E-state index in [1.807, 2.05) is 0 Å². The number of likely N-dealkylation sites (tertiary alicyclic amines) is 1. The molecule has 2 fully saturated rings. The molecular weight excluding hydrogens is 208 g/mol. The lowest BCUT2D eigenvalue weighted by Gasteiger charge is -2.35. The Morgan fingerprint density at radius 1 is 1.29 bits per heavy atom. The van der Waals surface area contributed by atoms with E-state index in [1.165, 1.54) is 45.3 Å². The quantitative estimate of drug-likeness (QED) is 0.813. The SMILES string of the molecule is CCN1CCCC(NC2CC(C)(C)CC2C)C1. The molecule has 1 aliphatic heterocycles. The maximum atomic E-state index is 3.95. The summed E-state index contributed by atoms with van der Waals surface area (Å²) in [6.07, 6.45) is 5.49. The number of rotatable bonds is 3. The topological polar surface area (TPSA) is 15.3 Å². The molecule has 1 saturated carbocycles. The van der Waals surface area contributed by atoms with E-state index < -0.39 is 0 Å². The summed E-state index contributed by atoms with van der Waals surface area (Å²) < 4.78 is 0. The zero-order valence-corrected chi connectivity index (χ0v) is 12.1. The lowest BCUT2D eigenvalue weighted by Crippen LogP contribution is -2.49. The predicted molar refractivity (Wildman–Crippen MR) is 74.2 cm³/mol. The maximum Gasteiger partial charge on any atom is 0.0198 e. The van der Waals surface area contributed by atoms with Crippen molar-refractivity contribution >= 4 is 0 Å². The molecule has 1 aliphatic carbocycles. The zero-order chi connectivity index (χ0) is 12.5. The van der Waals surface area contributed by atoms with E-state index in [-0.39, 0.29) is 0 Å². The second-order valence-corrected chi connectivity index (χ2v) is 7.06. The number of hydrogen-bond donors (Lipinski definition) is 1. The molecule has 0 bridgehead atoms. The molecule has 1 N–H and O–H groups in total. The molecular formula is C15H30N2. The Morgan fingerprint density at radius 2 is 2.06 bits per heavy atom. The van der Waals surface area contributed by atoms with Gasteiger partial charge in [-0.1, -0.05) is 27.7 Å². The van der Waals surface area contributed by atoms with Gasteiger partial charge in [0.05, 0.1) is 0 Å². The van der Waals surface area contributed by atoms with Gasteiger partial charge in [-0.15, -0.1) is 0 Å². The second-order valence-electron chi connectivity index (χ2n) is 7.06. The van der Waals surface area contributed by atoms with E-state index in [2.05, 4.69) is 37.9 Å². The van der Waals surface area contributed by atoms with E-state index in [4.69, 9.17) is 0 Å². The number of hydrogen-bond acceptors (Lipinski definition) is 2. The minimum absolute atomic E-state index is 0.552. The first-order chi connectivity index (χ1) is 8.00. The molecule has 2 rings (SSSR count). The molecule has 3 atom stereocenters. The van der Waals surface area contributed by atoms with E-state index in [1.54, 1.807) is 0 Å². The third-order valence-electron chi connectivity index (χ3n) is 4.74. The summed E-state index contributed by atoms with van der Waals surface area (Å²) in [6, 6.07) is 1.50. The van der Waals surface area contributed by atoms with Crippen molar-refractivity contribution in [1.29, 1.82) is 0 Å². The van der Waals surface area contributed by atoms with Gasteiger partial charge in [-0.25, -0.2) is 0 Å². The number of likely N-dealkylation sites (N-methyl/N-ethyl adjacent to an activating group) is 1. The summed E-state index contributed by atoms with van der Waals surface area (Å²) in [4.78, 5) is 2.59. The maximum absolute atomic E-state index is 3.95. The van der Waals surface area contributed by atoms with Gasteiger partial charge < -0.3 is 10.2 Å². The van der Waals surface area contributed by atoms with E-state index >= 15 is 0 Å². The highest BCUT2D eigenvalue weighted by atomic mass is 15.2. The molecule has 1 saturated heterocycles. The third-order valence-corrected chi connectivity index (χ3v) is 4.74. The normalized spacial score (nSPS) is 38.5. The largest absolute Gasteiger partial charge is 0.310 e. The molecule has 0 spiro atoms. The van der Waals surface area contributed by atoms with Crippen LogP contribution in [0, 0.1) is 11.3 Å². The van der Waals surface area contributed by atoms with Crippen LogP contribution in [0.5, 0.6) is 0 Å². The van der Waals surface area contributed by atoms with Crippen LogP contribution in [0.1, 0.15) is 53.4 Å². The first kappa shape index (κ1) is 13.4. The highest BCUT2D eigenvalue weighted by Gasteiger charge is 2.37. The van der Waals surface area contributed by atoms with Crippen molar-refractivity contribution in [3.63, 3.8) is 0 Å². The van der Waals surface area contributed by atoms with Crippen LogP contribution >= 0.6 is 0 Å². The summed E-state index contributed by atoms with van der Waals surface area (Å²) >= 11 is 0. The molecule has 0 amide bonds. The van der Waals surface area contributed by atoms with Gasteiger partial charge in [0.15, 0.2) is 0 Å². The Kier molecular flexibility index (Phi) is 4.14. The van der Waals surface area contributed by atoms with Crippen molar-refractivity contribution in [2.45, 2.75) is 65.5 Å². The summed E-state index contributed by atoms with van der Waals surface area (Å²) in [5, 5.41) is 3.95. The van der Waals surface area contributed by atoms with Gasteiger partial charge in [0.25, 0.3) is 0 Å². The molecule has 2 heteroatoms. The van der Waals surface area contributed by atoms with Gasteiger partial charge in [-0.3, -0.25) is 0 Å². The molecule has 17 heavy (non-hydrogen) atoms. The van der Waals surface area contributed by atoms with Crippen LogP contribution in [-0.4, -0.2) is 36.6 Å². The van der Waals surface area contributed by atoms with Gasteiger partial charge in [0, 0.05) is 18.6 Å². The summed E-state index contributed by atoms with van der Waals surface area (Å²) in [5.74, 6) is 0.849. The Labute approximate surface area is 107 Å². The van der Waals surface area contributed by atoms with Crippen molar-refractivity contribution in [2.24, 2.45) is 11.3 Å². The highest BCUT2D eigenvalue weighted by Crippen LogP contribution is 2.41. The minimum atomic E-state index is 0.552. The fourth-order valence-electron chi connectivity index (χ4n) is 3.90. The smallest absolute Gasteiger partial charge is 0.0198 e.